The van der Waals surface area contributed by atoms with E-state index >= 15 is 0 Å². The molecule has 21 heavy (non-hydrogen) atoms. The lowest BCUT2D eigenvalue weighted by atomic mass is 10.3. The Bertz CT molecular complexity index is 543. The second-order valence-corrected chi connectivity index (χ2v) is 7.84. The smallest absolute Gasteiger partial charge is 0.190 e. The number of hydrogen-bond donors (Lipinski definition) is 2. The van der Waals surface area contributed by atoms with Crippen molar-refractivity contribution in [1.82, 2.24) is 15.6 Å². The fourth-order valence-corrected chi connectivity index (χ4v) is 2.91. The van der Waals surface area contributed by atoms with Crippen molar-refractivity contribution in [3.05, 3.63) is 16.1 Å². The zero-order chi connectivity index (χ0) is 15.0. The number of thiazole rings is 1. The Hall–Kier alpha value is -0.420. The van der Waals surface area contributed by atoms with Gasteiger partial charge in [0.2, 0.25) is 0 Å². The molecule has 1 rings (SSSR count). The molecule has 0 spiro atoms. The number of guanidine groups is 1. The van der Waals surface area contributed by atoms with Crippen molar-refractivity contribution >= 4 is 51.1 Å². The predicted octanol–water partition coefficient (Wildman–Crippen LogP) is 1.21. The van der Waals surface area contributed by atoms with Crippen LogP contribution in [-0.2, 0) is 16.3 Å². The highest BCUT2D eigenvalue weighted by molar-refractivity contribution is 14.0. The zero-order valence-corrected chi connectivity index (χ0v) is 16.5. The molecule has 122 valence electrons. The maximum Gasteiger partial charge on any atom is 0.190 e. The van der Waals surface area contributed by atoms with Crippen LogP contribution < -0.4 is 10.6 Å². The molecule has 0 atom stereocenters. The minimum atomic E-state index is -2.89. The molecule has 0 fully saturated rings. The van der Waals surface area contributed by atoms with Crippen molar-refractivity contribution in [3.63, 3.8) is 0 Å². The number of aliphatic imine (C=N–C) groups is 1. The number of sulfone groups is 1. The minimum absolute atomic E-state index is 0. The molecule has 0 aliphatic rings. The second kappa shape index (κ2) is 10.3. The van der Waals surface area contributed by atoms with Gasteiger partial charge in [0, 0.05) is 38.2 Å². The summed E-state index contributed by atoms with van der Waals surface area (Å²) >= 11 is 1.65. The Kier molecular flexibility index (Phi) is 10.1. The number of nitrogens with zero attached hydrogens (tertiary/aromatic N) is 2. The van der Waals surface area contributed by atoms with Gasteiger partial charge in [-0.05, 0) is 13.3 Å². The molecule has 0 unspecified atom stereocenters. The molecule has 0 bridgehead atoms. The normalized spacial score (nSPS) is 11.9. The fourth-order valence-electron chi connectivity index (χ4n) is 1.59. The van der Waals surface area contributed by atoms with Crippen LogP contribution in [0.1, 0.15) is 17.1 Å². The highest BCUT2D eigenvalue weighted by Gasteiger charge is 2.03. The third-order valence-electron chi connectivity index (χ3n) is 2.55. The van der Waals surface area contributed by atoms with Crippen molar-refractivity contribution < 1.29 is 8.42 Å². The maximum atomic E-state index is 11.0. The van der Waals surface area contributed by atoms with E-state index in [1.165, 1.54) is 6.26 Å². The zero-order valence-electron chi connectivity index (χ0n) is 12.5. The van der Waals surface area contributed by atoms with Crippen LogP contribution in [-0.4, -0.2) is 51.5 Å². The van der Waals surface area contributed by atoms with Crippen LogP contribution in [0.25, 0.3) is 0 Å². The van der Waals surface area contributed by atoms with E-state index in [0.717, 1.165) is 23.7 Å². The van der Waals surface area contributed by atoms with Gasteiger partial charge in [0.15, 0.2) is 5.96 Å². The molecule has 0 amide bonds. The number of nitrogens with one attached hydrogen (secondary N) is 2. The quantitative estimate of drug-likeness (QED) is 0.285. The molecule has 1 aromatic rings. The summed E-state index contributed by atoms with van der Waals surface area (Å²) in [7, 11) is -1.19. The van der Waals surface area contributed by atoms with Crippen LogP contribution in [0.15, 0.2) is 10.4 Å². The summed E-state index contributed by atoms with van der Waals surface area (Å²) in [6.07, 6.45) is 2.66. The van der Waals surface area contributed by atoms with E-state index in [2.05, 4.69) is 26.0 Å². The molecule has 2 N–H and O–H groups in total. The summed E-state index contributed by atoms with van der Waals surface area (Å²) in [5, 5.41) is 9.40. The highest BCUT2D eigenvalue weighted by atomic mass is 127. The molecular weight excluding hydrogens is 423 g/mol. The van der Waals surface area contributed by atoms with Crippen LogP contribution in [0.2, 0.25) is 0 Å². The number of hydrogen-bond acceptors (Lipinski definition) is 5. The molecule has 0 aliphatic carbocycles. The van der Waals surface area contributed by atoms with Crippen molar-refractivity contribution in [2.75, 3.05) is 32.1 Å². The third kappa shape index (κ3) is 10.0. The summed E-state index contributed by atoms with van der Waals surface area (Å²) in [5.41, 5.74) is 1.08. The SMILES string of the molecule is CN=C(NCCCS(C)(=O)=O)NCCc1csc(C)n1.I. The Balaban J connectivity index is 0.00000400. The number of rotatable bonds is 7. The van der Waals surface area contributed by atoms with Gasteiger partial charge in [-0.25, -0.2) is 13.4 Å². The Morgan fingerprint density at radius 3 is 2.57 bits per heavy atom. The Morgan fingerprint density at radius 2 is 2.05 bits per heavy atom. The first-order chi connectivity index (χ1) is 9.40. The average molecular weight is 446 g/mol. The summed E-state index contributed by atoms with van der Waals surface area (Å²) in [5.74, 6) is 0.875. The van der Waals surface area contributed by atoms with Crippen molar-refractivity contribution in [1.29, 1.82) is 0 Å². The van der Waals surface area contributed by atoms with Crippen LogP contribution in [0.4, 0.5) is 0 Å². The number of halogens is 1. The molecule has 0 saturated carbocycles. The predicted molar refractivity (Wildman–Crippen MR) is 99.7 cm³/mol. The minimum Gasteiger partial charge on any atom is -0.356 e. The lowest BCUT2D eigenvalue weighted by Gasteiger charge is -2.10. The van der Waals surface area contributed by atoms with Crippen LogP contribution in [0.5, 0.6) is 0 Å². The Morgan fingerprint density at radius 1 is 1.38 bits per heavy atom. The lowest BCUT2D eigenvalue weighted by Crippen LogP contribution is -2.39. The molecule has 0 saturated heterocycles. The lowest BCUT2D eigenvalue weighted by molar-refractivity contribution is 0.598. The van der Waals surface area contributed by atoms with E-state index < -0.39 is 9.84 Å². The molecule has 0 aromatic carbocycles. The van der Waals surface area contributed by atoms with Crippen molar-refractivity contribution in [2.24, 2.45) is 4.99 Å². The molecule has 9 heteroatoms. The summed E-state index contributed by atoms with van der Waals surface area (Å²) in [6, 6.07) is 0. The molecule has 0 aliphatic heterocycles. The van der Waals surface area contributed by atoms with Gasteiger partial charge in [0.1, 0.15) is 9.84 Å². The average Bonchev–Trinajstić information content (AvgIpc) is 2.77. The van der Waals surface area contributed by atoms with Gasteiger partial charge in [-0.15, -0.1) is 35.3 Å². The fraction of sp³-hybridized carbons (Fsp3) is 0.667. The van der Waals surface area contributed by atoms with E-state index in [9.17, 15) is 8.42 Å². The number of aryl methyl sites for hydroxylation is 1. The summed E-state index contributed by atoms with van der Waals surface area (Å²) < 4.78 is 22.0. The summed E-state index contributed by atoms with van der Waals surface area (Å²) in [6.45, 7) is 3.32. The van der Waals surface area contributed by atoms with Gasteiger partial charge in [-0.3, -0.25) is 4.99 Å². The van der Waals surface area contributed by atoms with Crippen molar-refractivity contribution in [2.45, 2.75) is 19.8 Å². The van der Waals surface area contributed by atoms with Crippen LogP contribution in [0.3, 0.4) is 0 Å². The standard InChI is InChI=1S/C12H22N4O2S2.HI/c1-10-16-11(9-19-10)5-7-15-12(13-2)14-6-4-8-20(3,17)18;/h9H,4-8H2,1-3H3,(H2,13,14,15);1H. The Labute approximate surface area is 147 Å². The van der Waals surface area contributed by atoms with Gasteiger partial charge in [-0.1, -0.05) is 0 Å². The van der Waals surface area contributed by atoms with Crippen LogP contribution in [0, 0.1) is 6.92 Å². The van der Waals surface area contributed by atoms with Gasteiger partial charge in [0.05, 0.1) is 16.5 Å². The van der Waals surface area contributed by atoms with Gasteiger partial charge < -0.3 is 10.6 Å². The molecular formula is C12H23IN4O2S2. The first-order valence-corrected chi connectivity index (χ1v) is 9.38. The van der Waals surface area contributed by atoms with E-state index in [-0.39, 0.29) is 29.7 Å². The maximum absolute atomic E-state index is 11.0. The van der Waals surface area contributed by atoms with Gasteiger partial charge in [0.25, 0.3) is 0 Å². The van der Waals surface area contributed by atoms with E-state index in [1.807, 2.05) is 6.92 Å². The first kappa shape index (κ1) is 20.6. The molecule has 6 nitrogen and oxygen atoms in total. The topological polar surface area (TPSA) is 83.5 Å². The van der Waals surface area contributed by atoms with E-state index in [4.69, 9.17) is 0 Å². The highest BCUT2D eigenvalue weighted by Crippen LogP contribution is 2.07. The van der Waals surface area contributed by atoms with Crippen molar-refractivity contribution in [3.8, 4) is 0 Å². The number of aromatic nitrogens is 1. The molecule has 1 heterocycles. The van der Waals surface area contributed by atoms with Crippen LogP contribution >= 0.6 is 35.3 Å². The van der Waals surface area contributed by atoms with Gasteiger partial charge in [-0.2, -0.15) is 0 Å². The molecule has 1 aromatic heterocycles. The van der Waals surface area contributed by atoms with E-state index in [1.54, 1.807) is 18.4 Å². The summed E-state index contributed by atoms with van der Waals surface area (Å²) in [4.78, 5) is 8.47. The molecule has 0 radical (unpaired) electrons. The first-order valence-electron chi connectivity index (χ1n) is 6.44. The largest absolute Gasteiger partial charge is 0.356 e. The monoisotopic (exact) mass is 446 g/mol. The second-order valence-electron chi connectivity index (χ2n) is 4.52. The van der Waals surface area contributed by atoms with Gasteiger partial charge >= 0.3 is 0 Å². The van der Waals surface area contributed by atoms with E-state index in [0.29, 0.717) is 18.9 Å². The third-order valence-corrected chi connectivity index (χ3v) is 4.40.